The van der Waals surface area contributed by atoms with Gasteiger partial charge in [-0.3, -0.25) is 4.90 Å². The van der Waals surface area contributed by atoms with Gasteiger partial charge in [-0.05, 0) is 36.5 Å². The summed E-state index contributed by atoms with van der Waals surface area (Å²) in [6, 6.07) is 7.38. The molecule has 1 heterocycles. The number of aliphatic hydroxyl groups is 1. The summed E-state index contributed by atoms with van der Waals surface area (Å²) >= 11 is 0. The predicted octanol–water partition coefficient (Wildman–Crippen LogP) is 1.89. The molecule has 0 aromatic heterocycles. The van der Waals surface area contributed by atoms with Crippen LogP contribution in [0, 0.1) is 0 Å². The molecule has 0 atom stereocenters. The van der Waals surface area contributed by atoms with E-state index in [0.29, 0.717) is 43.5 Å². The molecule has 0 aliphatic carbocycles. The molecule has 1 aliphatic heterocycles. The molecule has 0 bridgehead atoms. The second kappa shape index (κ2) is 8.24. The van der Waals surface area contributed by atoms with Gasteiger partial charge in [-0.25, -0.2) is 8.42 Å². The molecule has 23 heavy (non-hydrogen) atoms. The quantitative estimate of drug-likeness (QED) is 0.823. The number of rotatable bonds is 7. The normalized spacial score (nSPS) is 17.7. The van der Waals surface area contributed by atoms with Crippen LogP contribution in [0.25, 0.3) is 0 Å². The van der Waals surface area contributed by atoms with E-state index in [-0.39, 0.29) is 6.61 Å². The summed E-state index contributed by atoms with van der Waals surface area (Å²) in [6.45, 7) is 7.35. The highest BCUT2D eigenvalue weighted by atomic mass is 32.2. The van der Waals surface area contributed by atoms with E-state index in [1.165, 1.54) is 5.56 Å². The lowest BCUT2D eigenvalue weighted by molar-refractivity contribution is 0.151. The van der Waals surface area contributed by atoms with Crippen LogP contribution in [0.3, 0.4) is 0 Å². The van der Waals surface area contributed by atoms with Gasteiger partial charge in [0, 0.05) is 32.7 Å². The Bertz CT molecular complexity index is 574. The SMILES string of the molecule is CCC(CC)c1ccc(S(=O)(=O)N2CCN(CCO)CC2)cc1. The topological polar surface area (TPSA) is 60.9 Å². The fourth-order valence-corrected chi connectivity index (χ4v) is 4.58. The van der Waals surface area contributed by atoms with Gasteiger partial charge in [0.15, 0.2) is 0 Å². The molecule has 130 valence electrons. The Kier molecular flexibility index (Phi) is 6.59. The first-order valence-corrected chi connectivity index (χ1v) is 9.90. The van der Waals surface area contributed by atoms with Gasteiger partial charge in [0.2, 0.25) is 10.0 Å². The van der Waals surface area contributed by atoms with E-state index in [4.69, 9.17) is 5.11 Å². The largest absolute Gasteiger partial charge is 0.395 e. The lowest BCUT2D eigenvalue weighted by Gasteiger charge is -2.33. The van der Waals surface area contributed by atoms with Crippen molar-refractivity contribution in [1.29, 1.82) is 0 Å². The number of benzene rings is 1. The van der Waals surface area contributed by atoms with Crippen molar-refractivity contribution in [3.63, 3.8) is 0 Å². The molecule has 5 nitrogen and oxygen atoms in total. The molecule has 0 saturated carbocycles. The maximum Gasteiger partial charge on any atom is 0.243 e. The zero-order chi connectivity index (χ0) is 16.9. The van der Waals surface area contributed by atoms with E-state index in [0.717, 1.165) is 12.8 Å². The first-order valence-electron chi connectivity index (χ1n) is 8.46. The van der Waals surface area contributed by atoms with E-state index >= 15 is 0 Å². The third-order valence-electron chi connectivity index (χ3n) is 4.72. The number of β-amino-alcohol motifs (C(OH)–C–C–N with tert-alkyl or cyclic N) is 1. The molecule has 2 rings (SSSR count). The summed E-state index contributed by atoms with van der Waals surface area (Å²) in [5, 5.41) is 8.96. The first kappa shape index (κ1) is 18.4. The zero-order valence-electron chi connectivity index (χ0n) is 14.1. The van der Waals surface area contributed by atoms with Crippen LogP contribution >= 0.6 is 0 Å². The molecule has 1 aromatic rings. The number of aliphatic hydroxyl groups excluding tert-OH is 1. The van der Waals surface area contributed by atoms with Crippen molar-refractivity contribution >= 4 is 10.0 Å². The lowest BCUT2D eigenvalue weighted by Crippen LogP contribution is -2.49. The zero-order valence-corrected chi connectivity index (χ0v) is 14.9. The second-order valence-electron chi connectivity index (χ2n) is 6.05. The average molecular weight is 340 g/mol. The maximum absolute atomic E-state index is 12.7. The molecule has 1 aliphatic rings. The van der Waals surface area contributed by atoms with E-state index < -0.39 is 10.0 Å². The molecule has 1 fully saturated rings. The number of sulfonamides is 1. The van der Waals surface area contributed by atoms with Crippen molar-refractivity contribution in [1.82, 2.24) is 9.21 Å². The Morgan fingerprint density at radius 1 is 1.04 bits per heavy atom. The van der Waals surface area contributed by atoms with Gasteiger partial charge >= 0.3 is 0 Å². The Morgan fingerprint density at radius 3 is 2.09 bits per heavy atom. The van der Waals surface area contributed by atoms with E-state index in [1.807, 2.05) is 12.1 Å². The fourth-order valence-electron chi connectivity index (χ4n) is 3.16. The van der Waals surface area contributed by atoms with Crippen LogP contribution in [0.15, 0.2) is 29.2 Å². The van der Waals surface area contributed by atoms with Crippen LogP contribution in [0.2, 0.25) is 0 Å². The summed E-state index contributed by atoms with van der Waals surface area (Å²) in [7, 11) is -3.41. The van der Waals surface area contributed by atoms with Gasteiger partial charge in [-0.1, -0.05) is 26.0 Å². The Morgan fingerprint density at radius 2 is 1.61 bits per heavy atom. The molecule has 0 spiro atoms. The Balaban J connectivity index is 2.08. The van der Waals surface area contributed by atoms with Crippen molar-refractivity contribution in [3.05, 3.63) is 29.8 Å². The first-order chi connectivity index (χ1) is 11.0. The standard InChI is InChI=1S/C17H28N2O3S/c1-3-15(4-2)16-5-7-17(8-6-16)23(21,22)19-11-9-18(10-12-19)13-14-20/h5-8,15,20H,3-4,9-14H2,1-2H3. The Labute approximate surface area is 140 Å². The van der Waals surface area contributed by atoms with E-state index in [1.54, 1.807) is 16.4 Å². The molecule has 6 heteroatoms. The number of piperazine rings is 1. The summed E-state index contributed by atoms with van der Waals surface area (Å²) < 4.78 is 27.0. The van der Waals surface area contributed by atoms with Gasteiger partial charge in [-0.2, -0.15) is 4.31 Å². The molecule has 1 saturated heterocycles. The minimum atomic E-state index is -3.41. The van der Waals surface area contributed by atoms with Crippen LogP contribution in [0.4, 0.5) is 0 Å². The summed E-state index contributed by atoms with van der Waals surface area (Å²) in [6.07, 6.45) is 2.13. The van der Waals surface area contributed by atoms with Gasteiger partial charge in [0.05, 0.1) is 11.5 Å². The summed E-state index contributed by atoms with van der Waals surface area (Å²) in [5.41, 5.74) is 1.21. The predicted molar refractivity (Wildman–Crippen MR) is 92.0 cm³/mol. The number of nitrogens with zero attached hydrogens (tertiary/aromatic N) is 2. The monoisotopic (exact) mass is 340 g/mol. The average Bonchev–Trinajstić information content (AvgIpc) is 2.57. The second-order valence-corrected chi connectivity index (χ2v) is 7.99. The van der Waals surface area contributed by atoms with Gasteiger partial charge < -0.3 is 5.11 Å². The van der Waals surface area contributed by atoms with Crippen LogP contribution in [0.1, 0.15) is 38.2 Å². The maximum atomic E-state index is 12.7. The minimum absolute atomic E-state index is 0.115. The molecule has 0 amide bonds. The van der Waals surface area contributed by atoms with Gasteiger partial charge in [0.25, 0.3) is 0 Å². The smallest absolute Gasteiger partial charge is 0.243 e. The van der Waals surface area contributed by atoms with Gasteiger partial charge in [-0.15, -0.1) is 0 Å². The van der Waals surface area contributed by atoms with Crippen LogP contribution in [-0.4, -0.2) is 62.1 Å². The Hall–Kier alpha value is -0.950. The number of hydrogen-bond donors (Lipinski definition) is 1. The highest BCUT2D eigenvalue weighted by Gasteiger charge is 2.28. The molecular weight excluding hydrogens is 312 g/mol. The molecule has 1 aromatic carbocycles. The van der Waals surface area contributed by atoms with Crippen molar-refractivity contribution in [3.8, 4) is 0 Å². The third-order valence-corrected chi connectivity index (χ3v) is 6.64. The molecule has 0 unspecified atom stereocenters. The van der Waals surface area contributed by atoms with E-state index in [2.05, 4.69) is 18.7 Å². The lowest BCUT2D eigenvalue weighted by atomic mass is 9.94. The summed E-state index contributed by atoms with van der Waals surface area (Å²) in [4.78, 5) is 2.46. The fraction of sp³-hybridized carbons (Fsp3) is 0.647. The van der Waals surface area contributed by atoms with Crippen molar-refractivity contribution in [2.24, 2.45) is 0 Å². The highest BCUT2D eigenvalue weighted by Crippen LogP contribution is 2.25. The molecular formula is C17H28N2O3S. The van der Waals surface area contributed by atoms with Crippen LogP contribution < -0.4 is 0 Å². The van der Waals surface area contributed by atoms with Crippen molar-refractivity contribution in [2.45, 2.75) is 37.5 Å². The third kappa shape index (κ3) is 4.32. The summed E-state index contributed by atoms with van der Waals surface area (Å²) in [5.74, 6) is 0.494. The van der Waals surface area contributed by atoms with Crippen molar-refractivity contribution in [2.75, 3.05) is 39.3 Å². The molecule has 0 radical (unpaired) electrons. The van der Waals surface area contributed by atoms with E-state index in [9.17, 15) is 8.42 Å². The number of hydrogen-bond acceptors (Lipinski definition) is 4. The van der Waals surface area contributed by atoms with Crippen LogP contribution in [0.5, 0.6) is 0 Å². The van der Waals surface area contributed by atoms with Crippen molar-refractivity contribution < 1.29 is 13.5 Å². The highest BCUT2D eigenvalue weighted by molar-refractivity contribution is 7.89. The van der Waals surface area contributed by atoms with Gasteiger partial charge in [0.1, 0.15) is 0 Å². The minimum Gasteiger partial charge on any atom is -0.395 e. The van der Waals surface area contributed by atoms with Crippen LogP contribution in [-0.2, 0) is 10.0 Å². The molecule has 1 N–H and O–H groups in total.